The van der Waals surface area contributed by atoms with E-state index in [2.05, 4.69) is 5.32 Å². The van der Waals surface area contributed by atoms with E-state index >= 15 is 0 Å². The molecule has 0 bridgehead atoms. The van der Waals surface area contributed by atoms with Crippen LogP contribution in [0.4, 0.5) is 13.2 Å². The molecular weight excluding hydrogens is 444 g/mol. The van der Waals surface area contributed by atoms with Crippen LogP contribution >= 0.6 is 24.0 Å². The summed E-state index contributed by atoms with van der Waals surface area (Å²) in [5.74, 6) is -1.20. The molecule has 0 saturated heterocycles. The van der Waals surface area contributed by atoms with Gasteiger partial charge in [0, 0.05) is 29.2 Å². The predicted molar refractivity (Wildman–Crippen MR) is 111 cm³/mol. The summed E-state index contributed by atoms with van der Waals surface area (Å²) >= 11 is 6.11. The lowest BCUT2D eigenvalue weighted by atomic mass is 9.97. The lowest BCUT2D eigenvalue weighted by molar-refractivity contribution is -0.137. The van der Waals surface area contributed by atoms with Crippen molar-refractivity contribution in [2.24, 2.45) is 0 Å². The molecule has 0 radical (unpaired) electrons. The van der Waals surface area contributed by atoms with Gasteiger partial charge >= 0.3 is 12.1 Å². The van der Waals surface area contributed by atoms with E-state index in [1.165, 1.54) is 25.3 Å². The molecule has 5 nitrogen and oxygen atoms in total. The van der Waals surface area contributed by atoms with E-state index in [9.17, 15) is 22.8 Å². The molecule has 2 rings (SSSR count). The van der Waals surface area contributed by atoms with Crippen molar-refractivity contribution >= 4 is 35.9 Å². The SMILES string of the molecule is COC(=O)c1cc(C(=O)NCCN(C)C)cc(-c2cc(C(F)(F)F)ccc2Cl)c1.Cl. The Morgan fingerprint density at radius 3 is 2.30 bits per heavy atom. The third-order valence-corrected chi connectivity index (χ3v) is 4.40. The molecule has 0 atom stereocenters. The lowest BCUT2D eigenvalue weighted by Crippen LogP contribution is -2.31. The molecule has 0 aromatic heterocycles. The van der Waals surface area contributed by atoms with Crippen LogP contribution in [0.1, 0.15) is 26.3 Å². The van der Waals surface area contributed by atoms with Crippen LogP contribution < -0.4 is 5.32 Å². The quantitative estimate of drug-likeness (QED) is 0.638. The fourth-order valence-corrected chi connectivity index (χ4v) is 2.79. The van der Waals surface area contributed by atoms with Crippen LogP contribution in [0.25, 0.3) is 11.1 Å². The van der Waals surface area contributed by atoms with Gasteiger partial charge in [-0.25, -0.2) is 4.79 Å². The van der Waals surface area contributed by atoms with Crippen molar-refractivity contribution < 1.29 is 27.5 Å². The molecule has 0 unspecified atom stereocenters. The van der Waals surface area contributed by atoms with Crippen molar-refractivity contribution in [3.05, 3.63) is 58.1 Å². The van der Waals surface area contributed by atoms with E-state index in [1.54, 1.807) is 0 Å². The number of benzene rings is 2. The molecule has 0 aliphatic rings. The van der Waals surface area contributed by atoms with Gasteiger partial charge in [0.05, 0.1) is 18.2 Å². The number of carbonyl (C=O) groups excluding carboxylic acids is 2. The summed E-state index contributed by atoms with van der Waals surface area (Å²) in [6.45, 7) is 0.947. The zero-order valence-electron chi connectivity index (χ0n) is 16.5. The largest absolute Gasteiger partial charge is 0.465 e. The molecule has 0 aliphatic carbocycles. The minimum absolute atomic E-state index is 0. The Bertz CT molecular complexity index is 919. The first-order valence-corrected chi connectivity index (χ1v) is 8.94. The summed E-state index contributed by atoms with van der Waals surface area (Å²) in [6.07, 6.45) is -4.56. The summed E-state index contributed by atoms with van der Waals surface area (Å²) in [5, 5.41) is 2.75. The number of nitrogens with zero attached hydrogens (tertiary/aromatic N) is 1. The van der Waals surface area contributed by atoms with Gasteiger partial charge in [0.15, 0.2) is 0 Å². The van der Waals surface area contributed by atoms with E-state index in [0.29, 0.717) is 13.1 Å². The number of carbonyl (C=O) groups is 2. The van der Waals surface area contributed by atoms with Crippen LogP contribution in [0.15, 0.2) is 36.4 Å². The monoisotopic (exact) mass is 464 g/mol. The van der Waals surface area contributed by atoms with Crippen LogP contribution in [-0.2, 0) is 10.9 Å². The average Bonchev–Trinajstić information content (AvgIpc) is 2.66. The predicted octanol–water partition coefficient (Wildman–Crippen LogP) is 4.53. The summed E-state index contributed by atoms with van der Waals surface area (Å²) < 4.78 is 44.0. The highest BCUT2D eigenvalue weighted by molar-refractivity contribution is 6.33. The molecule has 0 spiro atoms. The highest BCUT2D eigenvalue weighted by atomic mass is 35.5. The van der Waals surface area contributed by atoms with Gasteiger partial charge in [-0.3, -0.25) is 4.79 Å². The van der Waals surface area contributed by atoms with Crippen molar-refractivity contribution in [1.82, 2.24) is 10.2 Å². The van der Waals surface area contributed by atoms with Crippen LogP contribution in [0, 0.1) is 0 Å². The number of amides is 1. The fraction of sp³-hybridized carbons (Fsp3) is 0.300. The van der Waals surface area contributed by atoms with Gasteiger partial charge in [0.2, 0.25) is 0 Å². The number of esters is 1. The first kappa shape index (κ1) is 25.7. The number of methoxy groups -OCH3 is 1. The number of rotatable bonds is 6. The Kier molecular flexibility index (Phi) is 9.14. The standard InChI is InChI=1S/C20H20ClF3N2O3.ClH/c1-26(2)7-6-25-18(27)13-8-12(9-14(10-13)19(28)29-3)16-11-15(20(22,23)24)4-5-17(16)21;/h4-5,8-11H,6-7H2,1-3H3,(H,25,27);1H. The summed E-state index contributed by atoms with van der Waals surface area (Å²) in [7, 11) is 4.86. The number of halogens is 5. The molecular formula is C20H21Cl2F3N2O3. The fourth-order valence-electron chi connectivity index (χ4n) is 2.57. The molecule has 164 valence electrons. The number of hydrogen-bond donors (Lipinski definition) is 1. The van der Waals surface area contributed by atoms with Crippen molar-refractivity contribution in [3.63, 3.8) is 0 Å². The second kappa shape index (κ2) is 10.7. The van der Waals surface area contributed by atoms with Gasteiger partial charge in [0.25, 0.3) is 5.91 Å². The Morgan fingerprint density at radius 2 is 1.73 bits per heavy atom. The number of likely N-dealkylation sites (N-methyl/N-ethyl adjacent to an activating group) is 1. The van der Waals surface area contributed by atoms with Crippen LogP contribution in [0.3, 0.4) is 0 Å². The molecule has 2 aromatic rings. The maximum absolute atomic E-state index is 13.1. The zero-order chi connectivity index (χ0) is 21.8. The highest BCUT2D eigenvalue weighted by Gasteiger charge is 2.31. The van der Waals surface area contributed by atoms with E-state index in [0.717, 1.165) is 18.2 Å². The van der Waals surface area contributed by atoms with Crippen LogP contribution in [-0.4, -0.2) is 51.1 Å². The maximum atomic E-state index is 13.1. The second-order valence-electron chi connectivity index (χ2n) is 6.54. The van der Waals surface area contributed by atoms with Crippen molar-refractivity contribution in [1.29, 1.82) is 0 Å². The third kappa shape index (κ3) is 6.62. The van der Waals surface area contributed by atoms with Crippen LogP contribution in [0.2, 0.25) is 5.02 Å². The first-order chi connectivity index (χ1) is 13.5. The Morgan fingerprint density at radius 1 is 1.10 bits per heavy atom. The van der Waals surface area contributed by atoms with Gasteiger partial charge in [-0.05, 0) is 56.1 Å². The highest BCUT2D eigenvalue weighted by Crippen LogP contribution is 2.36. The minimum atomic E-state index is -4.56. The Balaban J connectivity index is 0.00000450. The topological polar surface area (TPSA) is 58.6 Å². The second-order valence-corrected chi connectivity index (χ2v) is 6.95. The summed E-state index contributed by atoms with van der Waals surface area (Å²) in [5.41, 5.74) is -0.514. The minimum Gasteiger partial charge on any atom is -0.465 e. The number of nitrogens with one attached hydrogen (secondary N) is 1. The molecule has 0 aliphatic heterocycles. The van der Waals surface area contributed by atoms with E-state index in [1.807, 2.05) is 19.0 Å². The molecule has 2 aromatic carbocycles. The first-order valence-electron chi connectivity index (χ1n) is 8.56. The smallest absolute Gasteiger partial charge is 0.416 e. The molecule has 1 N–H and O–H groups in total. The third-order valence-electron chi connectivity index (χ3n) is 4.07. The maximum Gasteiger partial charge on any atom is 0.416 e. The summed E-state index contributed by atoms with van der Waals surface area (Å²) in [4.78, 5) is 26.4. The number of ether oxygens (including phenoxy) is 1. The Hall–Kier alpha value is -2.29. The average molecular weight is 465 g/mol. The van der Waals surface area contributed by atoms with Gasteiger partial charge in [0.1, 0.15) is 0 Å². The zero-order valence-corrected chi connectivity index (χ0v) is 18.0. The number of alkyl halides is 3. The van der Waals surface area contributed by atoms with Crippen molar-refractivity contribution in [2.75, 3.05) is 34.3 Å². The van der Waals surface area contributed by atoms with E-state index < -0.39 is 23.6 Å². The number of hydrogen-bond acceptors (Lipinski definition) is 4. The molecule has 0 fully saturated rings. The molecule has 0 saturated carbocycles. The van der Waals surface area contributed by atoms with Crippen LogP contribution in [0.5, 0.6) is 0 Å². The van der Waals surface area contributed by atoms with Gasteiger partial charge in [-0.15, -0.1) is 12.4 Å². The molecule has 0 heterocycles. The molecule has 1 amide bonds. The summed E-state index contributed by atoms with van der Waals surface area (Å²) in [6, 6.07) is 6.92. The van der Waals surface area contributed by atoms with Gasteiger partial charge in [-0.1, -0.05) is 11.6 Å². The Labute approximate surface area is 183 Å². The molecule has 30 heavy (non-hydrogen) atoms. The van der Waals surface area contributed by atoms with Crippen molar-refractivity contribution in [3.8, 4) is 11.1 Å². The van der Waals surface area contributed by atoms with Gasteiger partial charge < -0.3 is 15.0 Å². The van der Waals surface area contributed by atoms with Crippen molar-refractivity contribution in [2.45, 2.75) is 6.18 Å². The van der Waals surface area contributed by atoms with Gasteiger partial charge in [-0.2, -0.15) is 13.2 Å². The lowest BCUT2D eigenvalue weighted by Gasteiger charge is -2.14. The van der Waals surface area contributed by atoms with E-state index in [4.69, 9.17) is 16.3 Å². The van der Waals surface area contributed by atoms with E-state index in [-0.39, 0.29) is 39.7 Å². The molecule has 10 heteroatoms. The normalized spacial score (nSPS) is 11.1.